The van der Waals surface area contributed by atoms with E-state index < -0.39 is 10.0 Å². The van der Waals surface area contributed by atoms with Gasteiger partial charge in [0, 0.05) is 12.1 Å². The molecule has 0 saturated carbocycles. The minimum absolute atomic E-state index is 0.0554. The molecule has 0 atom stereocenters. The summed E-state index contributed by atoms with van der Waals surface area (Å²) in [7, 11) is -1.88. The van der Waals surface area contributed by atoms with Crippen LogP contribution in [0.15, 0.2) is 54.6 Å². The minimum atomic E-state index is -3.27. The second-order valence-corrected chi connectivity index (χ2v) is 6.75. The highest BCUT2D eigenvalue weighted by atomic mass is 32.2. The first kappa shape index (κ1) is 16.2. The molecule has 2 rings (SSSR count). The number of carbonyl (C=O) groups excluding carboxylic acids is 1. The summed E-state index contributed by atoms with van der Waals surface area (Å²) in [5.41, 5.74) is 2.22. The van der Waals surface area contributed by atoms with Crippen molar-refractivity contribution >= 4 is 15.9 Å². The fraction of sp³-hybridized carbons (Fsp3) is 0.188. The van der Waals surface area contributed by atoms with Gasteiger partial charge >= 0.3 is 0 Å². The first-order chi connectivity index (χ1) is 10.5. The Morgan fingerprint density at radius 2 is 1.55 bits per heavy atom. The van der Waals surface area contributed by atoms with Gasteiger partial charge in [-0.25, -0.2) is 13.1 Å². The van der Waals surface area contributed by atoms with Crippen molar-refractivity contribution in [1.82, 2.24) is 10.0 Å². The molecule has 0 spiro atoms. The van der Waals surface area contributed by atoms with Crippen LogP contribution in [0, 0.1) is 0 Å². The standard InChI is InChI=1S/C16H18N2O3S/c1-17-22(20,21)12-14-9-7-13(8-10-14)11-18-16(19)15-5-3-2-4-6-15/h2-10,17H,11-12H2,1H3,(H,18,19). The van der Waals surface area contributed by atoms with Gasteiger partial charge in [0.05, 0.1) is 5.75 Å². The van der Waals surface area contributed by atoms with Gasteiger partial charge in [-0.2, -0.15) is 0 Å². The molecule has 0 unspecified atom stereocenters. The minimum Gasteiger partial charge on any atom is -0.348 e. The van der Waals surface area contributed by atoms with Gasteiger partial charge in [0.25, 0.3) is 5.91 Å². The summed E-state index contributed by atoms with van der Waals surface area (Å²) < 4.78 is 25.2. The Bertz CT molecular complexity index is 726. The molecule has 5 nitrogen and oxygen atoms in total. The predicted molar refractivity (Wildman–Crippen MR) is 85.7 cm³/mol. The normalized spacial score (nSPS) is 11.1. The highest BCUT2D eigenvalue weighted by Crippen LogP contribution is 2.08. The average Bonchev–Trinajstić information content (AvgIpc) is 2.54. The number of benzene rings is 2. The van der Waals surface area contributed by atoms with E-state index in [1.807, 2.05) is 30.3 Å². The van der Waals surface area contributed by atoms with Gasteiger partial charge in [0.15, 0.2) is 0 Å². The molecule has 2 aromatic carbocycles. The Labute approximate surface area is 130 Å². The van der Waals surface area contributed by atoms with Crippen LogP contribution in [-0.2, 0) is 22.3 Å². The second kappa shape index (κ2) is 7.20. The maximum absolute atomic E-state index is 11.9. The number of hydrogen-bond donors (Lipinski definition) is 2. The van der Waals surface area contributed by atoms with Crippen LogP contribution in [0.25, 0.3) is 0 Å². The molecule has 1 amide bonds. The molecule has 0 bridgehead atoms. The molecule has 6 heteroatoms. The molecule has 2 aromatic rings. The lowest BCUT2D eigenvalue weighted by Crippen LogP contribution is -2.22. The zero-order chi connectivity index (χ0) is 16.0. The third kappa shape index (κ3) is 4.68. The van der Waals surface area contributed by atoms with Gasteiger partial charge in [0.1, 0.15) is 0 Å². The summed E-state index contributed by atoms with van der Waals surface area (Å²) in [4.78, 5) is 11.9. The van der Waals surface area contributed by atoms with Crippen molar-refractivity contribution < 1.29 is 13.2 Å². The number of sulfonamides is 1. The van der Waals surface area contributed by atoms with Crippen molar-refractivity contribution in [2.45, 2.75) is 12.3 Å². The van der Waals surface area contributed by atoms with Crippen LogP contribution in [0.3, 0.4) is 0 Å². The fourth-order valence-electron chi connectivity index (χ4n) is 1.92. The Kier molecular flexibility index (Phi) is 5.30. The monoisotopic (exact) mass is 318 g/mol. The molecule has 0 aromatic heterocycles. The summed E-state index contributed by atoms with van der Waals surface area (Å²) in [6.45, 7) is 0.396. The van der Waals surface area contributed by atoms with Crippen molar-refractivity contribution in [1.29, 1.82) is 0 Å². The van der Waals surface area contributed by atoms with Crippen LogP contribution >= 0.6 is 0 Å². The first-order valence-electron chi connectivity index (χ1n) is 6.82. The highest BCUT2D eigenvalue weighted by molar-refractivity contribution is 7.88. The molecule has 0 radical (unpaired) electrons. The quantitative estimate of drug-likeness (QED) is 0.850. The van der Waals surface area contributed by atoms with Gasteiger partial charge in [0.2, 0.25) is 10.0 Å². The van der Waals surface area contributed by atoms with Gasteiger partial charge in [-0.3, -0.25) is 4.79 Å². The van der Waals surface area contributed by atoms with E-state index in [4.69, 9.17) is 0 Å². The Hall–Kier alpha value is -2.18. The van der Waals surface area contributed by atoms with E-state index in [-0.39, 0.29) is 11.7 Å². The summed E-state index contributed by atoms with van der Waals surface area (Å²) in [6, 6.07) is 16.1. The molecule has 0 aliphatic carbocycles. The Morgan fingerprint density at radius 3 is 2.14 bits per heavy atom. The maximum atomic E-state index is 11.9. The number of amides is 1. The van der Waals surface area contributed by atoms with Gasteiger partial charge in [-0.15, -0.1) is 0 Å². The van der Waals surface area contributed by atoms with Crippen molar-refractivity contribution in [2.24, 2.45) is 0 Å². The molecule has 0 aliphatic heterocycles. The zero-order valence-electron chi connectivity index (χ0n) is 12.2. The van der Waals surface area contributed by atoms with Crippen LogP contribution in [0.2, 0.25) is 0 Å². The van der Waals surface area contributed by atoms with E-state index >= 15 is 0 Å². The Balaban J connectivity index is 1.93. The molecule has 2 N–H and O–H groups in total. The maximum Gasteiger partial charge on any atom is 0.251 e. The van der Waals surface area contributed by atoms with Gasteiger partial charge in [-0.05, 0) is 30.3 Å². The number of rotatable bonds is 6. The fourth-order valence-corrected chi connectivity index (χ4v) is 2.69. The summed E-state index contributed by atoms with van der Waals surface area (Å²) >= 11 is 0. The lowest BCUT2D eigenvalue weighted by molar-refractivity contribution is 0.0951. The number of carbonyl (C=O) groups is 1. The number of hydrogen-bond acceptors (Lipinski definition) is 3. The van der Waals surface area contributed by atoms with E-state index in [1.54, 1.807) is 24.3 Å². The average molecular weight is 318 g/mol. The summed E-state index contributed by atoms with van der Waals surface area (Å²) in [5, 5.41) is 2.82. The van der Waals surface area contributed by atoms with Crippen LogP contribution in [0.4, 0.5) is 0 Å². The molecule has 116 valence electrons. The summed E-state index contributed by atoms with van der Waals surface area (Å²) in [6.07, 6.45) is 0. The van der Waals surface area contributed by atoms with Gasteiger partial charge in [-0.1, -0.05) is 42.5 Å². The molecule has 22 heavy (non-hydrogen) atoms. The Morgan fingerprint density at radius 1 is 0.955 bits per heavy atom. The topological polar surface area (TPSA) is 75.3 Å². The largest absolute Gasteiger partial charge is 0.348 e. The molecular formula is C16H18N2O3S. The molecule has 0 heterocycles. The van der Waals surface area contributed by atoms with E-state index in [0.717, 1.165) is 5.56 Å². The van der Waals surface area contributed by atoms with Crippen LogP contribution < -0.4 is 10.0 Å². The third-order valence-electron chi connectivity index (χ3n) is 3.18. The van der Waals surface area contributed by atoms with Gasteiger partial charge < -0.3 is 5.32 Å². The molecule has 0 fully saturated rings. The van der Waals surface area contributed by atoms with Crippen LogP contribution in [0.5, 0.6) is 0 Å². The zero-order valence-corrected chi connectivity index (χ0v) is 13.1. The van der Waals surface area contributed by atoms with Crippen molar-refractivity contribution in [3.8, 4) is 0 Å². The van der Waals surface area contributed by atoms with Crippen molar-refractivity contribution in [3.63, 3.8) is 0 Å². The number of nitrogens with one attached hydrogen (secondary N) is 2. The van der Waals surface area contributed by atoms with Crippen molar-refractivity contribution in [3.05, 3.63) is 71.3 Å². The predicted octanol–water partition coefficient (Wildman–Crippen LogP) is 1.67. The molecule has 0 aliphatic rings. The molecule has 0 saturated heterocycles. The van der Waals surface area contributed by atoms with E-state index in [2.05, 4.69) is 10.0 Å². The lowest BCUT2D eigenvalue weighted by atomic mass is 10.1. The van der Waals surface area contributed by atoms with E-state index in [0.29, 0.717) is 17.7 Å². The lowest BCUT2D eigenvalue weighted by Gasteiger charge is -2.07. The summed E-state index contributed by atoms with van der Waals surface area (Å²) in [5.74, 6) is -0.192. The molecular weight excluding hydrogens is 300 g/mol. The third-order valence-corrected chi connectivity index (χ3v) is 4.52. The van der Waals surface area contributed by atoms with E-state index in [1.165, 1.54) is 7.05 Å². The van der Waals surface area contributed by atoms with Crippen LogP contribution in [0.1, 0.15) is 21.5 Å². The van der Waals surface area contributed by atoms with E-state index in [9.17, 15) is 13.2 Å². The SMILES string of the molecule is CNS(=O)(=O)Cc1ccc(CNC(=O)c2ccccc2)cc1. The highest BCUT2D eigenvalue weighted by Gasteiger charge is 2.08. The second-order valence-electron chi connectivity index (χ2n) is 4.83. The smallest absolute Gasteiger partial charge is 0.251 e. The van der Waals surface area contributed by atoms with Crippen molar-refractivity contribution in [2.75, 3.05) is 7.05 Å². The van der Waals surface area contributed by atoms with Crippen LogP contribution in [-0.4, -0.2) is 21.4 Å². The first-order valence-corrected chi connectivity index (χ1v) is 8.48.